The number of nitriles is 1. The van der Waals surface area contributed by atoms with Gasteiger partial charge in [0, 0.05) is 12.1 Å². The second-order valence-corrected chi connectivity index (χ2v) is 5.04. The molecule has 0 aliphatic heterocycles. The molecule has 2 N–H and O–H groups in total. The topological polar surface area (TPSA) is 144 Å². The van der Waals surface area contributed by atoms with E-state index in [0.29, 0.717) is 0 Å². The van der Waals surface area contributed by atoms with E-state index in [9.17, 15) is 19.7 Å². The Morgan fingerprint density at radius 3 is 2.59 bits per heavy atom. The highest BCUT2D eigenvalue weighted by atomic mass is 16.6. The van der Waals surface area contributed by atoms with Crippen LogP contribution in [-0.2, 0) is 4.79 Å². The van der Waals surface area contributed by atoms with E-state index in [1.807, 2.05) is 6.07 Å². The Morgan fingerprint density at radius 1 is 1.19 bits per heavy atom. The summed E-state index contributed by atoms with van der Waals surface area (Å²) in [5, 5.41) is 19.8. The van der Waals surface area contributed by atoms with Gasteiger partial charge in [0.05, 0.1) is 23.2 Å². The van der Waals surface area contributed by atoms with Crippen molar-refractivity contribution in [2.75, 3.05) is 13.7 Å². The first-order valence-corrected chi connectivity index (χ1v) is 7.49. The number of nitro benzene ring substituents is 1. The molecule has 27 heavy (non-hydrogen) atoms. The van der Waals surface area contributed by atoms with E-state index in [2.05, 4.69) is 10.9 Å². The first-order chi connectivity index (χ1) is 13.0. The van der Waals surface area contributed by atoms with E-state index in [-0.39, 0.29) is 28.3 Å². The normalized spacial score (nSPS) is 9.63. The Bertz CT molecular complexity index is 922. The predicted molar refractivity (Wildman–Crippen MR) is 91.9 cm³/mol. The van der Waals surface area contributed by atoms with Gasteiger partial charge in [-0.3, -0.25) is 30.6 Å². The van der Waals surface area contributed by atoms with Gasteiger partial charge in [0.25, 0.3) is 17.5 Å². The number of para-hydroxylation sites is 1. The number of methoxy groups -OCH3 is 1. The first kappa shape index (κ1) is 19.2. The molecule has 2 aromatic carbocycles. The van der Waals surface area contributed by atoms with Crippen molar-refractivity contribution in [3.63, 3.8) is 0 Å². The molecule has 0 radical (unpaired) electrons. The smallest absolute Gasteiger partial charge is 0.276 e. The maximum Gasteiger partial charge on any atom is 0.276 e. The molecule has 0 spiro atoms. The third-order valence-electron chi connectivity index (χ3n) is 3.32. The molecule has 0 unspecified atom stereocenters. The number of benzene rings is 2. The van der Waals surface area contributed by atoms with Gasteiger partial charge in [-0.1, -0.05) is 12.1 Å². The Hall–Kier alpha value is -4.13. The number of nitrogens with one attached hydrogen (secondary N) is 2. The summed E-state index contributed by atoms with van der Waals surface area (Å²) in [6, 6.07) is 11.8. The number of nitro groups is 1. The predicted octanol–water partition coefficient (Wildman–Crippen LogP) is 1.32. The number of non-ortho nitro benzene ring substituents is 1. The van der Waals surface area contributed by atoms with Gasteiger partial charge in [-0.15, -0.1) is 0 Å². The minimum absolute atomic E-state index is 0.103. The summed E-state index contributed by atoms with van der Waals surface area (Å²) < 4.78 is 10.2. The third kappa shape index (κ3) is 4.93. The monoisotopic (exact) mass is 370 g/mol. The largest absolute Gasteiger partial charge is 0.496 e. The number of nitrogens with zero attached hydrogens (tertiary/aromatic N) is 2. The van der Waals surface area contributed by atoms with Gasteiger partial charge < -0.3 is 9.47 Å². The van der Waals surface area contributed by atoms with Crippen LogP contribution in [0.4, 0.5) is 5.69 Å². The van der Waals surface area contributed by atoms with Crippen molar-refractivity contribution in [2.24, 2.45) is 0 Å². The lowest BCUT2D eigenvalue weighted by molar-refractivity contribution is -0.384. The highest BCUT2D eigenvalue weighted by Gasteiger charge is 2.18. The lowest BCUT2D eigenvalue weighted by atomic mass is 10.1. The van der Waals surface area contributed by atoms with Crippen LogP contribution < -0.4 is 20.3 Å². The molecular weight excluding hydrogens is 356 g/mol. The molecule has 10 heteroatoms. The van der Waals surface area contributed by atoms with Crippen LogP contribution in [0.5, 0.6) is 11.5 Å². The fourth-order valence-electron chi connectivity index (χ4n) is 2.05. The van der Waals surface area contributed by atoms with Crippen molar-refractivity contribution < 1.29 is 24.0 Å². The zero-order valence-corrected chi connectivity index (χ0v) is 14.1. The number of carbonyl (C=O) groups is 2. The van der Waals surface area contributed by atoms with E-state index in [0.717, 1.165) is 6.07 Å². The number of ether oxygens (including phenoxy) is 2. The molecule has 10 nitrogen and oxygen atoms in total. The van der Waals surface area contributed by atoms with E-state index < -0.39 is 23.3 Å². The number of hydrogen-bond donors (Lipinski definition) is 2. The van der Waals surface area contributed by atoms with Crippen molar-refractivity contribution in [1.29, 1.82) is 5.26 Å². The average molecular weight is 370 g/mol. The van der Waals surface area contributed by atoms with Gasteiger partial charge in [-0.25, -0.2) is 0 Å². The quantitative estimate of drug-likeness (QED) is 0.576. The molecule has 0 atom stereocenters. The second-order valence-electron chi connectivity index (χ2n) is 5.04. The van der Waals surface area contributed by atoms with Gasteiger partial charge in [0.15, 0.2) is 6.61 Å². The summed E-state index contributed by atoms with van der Waals surface area (Å²) in [6.45, 7) is -0.453. The minimum atomic E-state index is -0.804. The van der Waals surface area contributed by atoms with Gasteiger partial charge in [0.1, 0.15) is 17.6 Å². The maximum atomic E-state index is 12.2. The molecule has 2 rings (SSSR count). The van der Waals surface area contributed by atoms with Gasteiger partial charge in [-0.05, 0) is 18.2 Å². The van der Waals surface area contributed by atoms with Crippen LogP contribution in [0.3, 0.4) is 0 Å². The summed E-state index contributed by atoms with van der Waals surface area (Å²) in [5.74, 6) is -1.17. The van der Waals surface area contributed by atoms with Crippen LogP contribution in [0.25, 0.3) is 0 Å². The summed E-state index contributed by atoms with van der Waals surface area (Å²) in [6.07, 6.45) is 0. The summed E-state index contributed by atoms with van der Waals surface area (Å²) in [7, 11) is 1.30. The lowest BCUT2D eigenvalue weighted by Gasteiger charge is -2.11. The van der Waals surface area contributed by atoms with E-state index in [1.54, 1.807) is 12.1 Å². The Labute approximate surface area is 153 Å². The first-order valence-electron chi connectivity index (χ1n) is 7.49. The zero-order valence-electron chi connectivity index (χ0n) is 14.1. The number of hydrazine groups is 1. The second kappa shape index (κ2) is 8.82. The molecule has 0 aromatic heterocycles. The number of hydrogen-bond acceptors (Lipinski definition) is 7. The molecule has 0 fully saturated rings. The van der Waals surface area contributed by atoms with E-state index in [1.165, 1.54) is 31.4 Å². The summed E-state index contributed by atoms with van der Waals surface area (Å²) >= 11 is 0. The summed E-state index contributed by atoms with van der Waals surface area (Å²) in [4.78, 5) is 34.2. The van der Waals surface area contributed by atoms with Crippen LogP contribution in [0.1, 0.15) is 15.9 Å². The Balaban J connectivity index is 1.97. The van der Waals surface area contributed by atoms with Crippen LogP contribution in [0.15, 0.2) is 42.5 Å². The van der Waals surface area contributed by atoms with Crippen LogP contribution in [0.2, 0.25) is 0 Å². The van der Waals surface area contributed by atoms with Gasteiger partial charge >= 0.3 is 0 Å². The zero-order chi connectivity index (χ0) is 19.8. The van der Waals surface area contributed by atoms with E-state index >= 15 is 0 Å². The molecule has 2 aromatic rings. The molecule has 0 saturated heterocycles. The highest BCUT2D eigenvalue weighted by Crippen LogP contribution is 2.23. The molecule has 2 amide bonds. The lowest BCUT2D eigenvalue weighted by Crippen LogP contribution is -2.44. The average Bonchev–Trinajstić information content (AvgIpc) is 2.69. The molecule has 138 valence electrons. The molecule has 0 heterocycles. The minimum Gasteiger partial charge on any atom is -0.496 e. The Kier molecular flexibility index (Phi) is 6.27. The fourth-order valence-corrected chi connectivity index (χ4v) is 2.05. The molecule has 0 aliphatic carbocycles. The Morgan fingerprint density at radius 2 is 1.93 bits per heavy atom. The van der Waals surface area contributed by atoms with Crippen molar-refractivity contribution in [2.45, 2.75) is 0 Å². The van der Waals surface area contributed by atoms with Crippen LogP contribution >= 0.6 is 0 Å². The van der Waals surface area contributed by atoms with Crippen LogP contribution in [-0.4, -0.2) is 30.5 Å². The van der Waals surface area contributed by atoms with E-state index in [4.69, 9.17) is 14.7 Å². The summed E-state index contributed by atoms with van der Waals surface area (Å²) in [5.41, 5.74) is 4.07. The number of carbonyl (C=O) groups excluding carboxylic acids is 2. The highest BCUT2D eigenvalue weighted by molar-refractivity contribution is 5.98. The van der Waals surface area contributed by atoms with Gasteiger partial charge in [-0.2, -0.15) is 5.26 Å². The number of amides is 2. The fraction of sp³-hybridized carbons (Fsp3) is 0.118. The SMILES string of the molecule is COc1ccc([N+](=O)[O-])cc1C(=O)NNC(=O)COc1ccccc1C#N. The molecule has 0 saturated carbocycles. The van der Waals surface area contributed by atoms with Crippen molar-refractivity contribution in [3.05, 3.63) is 63.7 Å². The van der Waals surface area contributed by atoms with Crippen molar-refractivity contribution in [1.82, 2.24) is 10.9 Å². The third-order valence-corrected chi connectivity index (χ3v) is 3.32. The van der Waals surface area contributed by atoms with Crippen molar-refractivity contribution in [3.8, 4) is 17.6 Å². The molecule has 0 bridgehead atoms. The molecule has 0 aliphatic rings. The van der Waals surface area contributed by atoms with Gasteiger partial charge in [0.2, 0.25) is 0 Å². The standard InChI is InChI=1S/C17H14N4O6/c1-26-15-7-6-12(21(24)25)8-13(15)17(23)20-19-16(22)10-27-14-5-3-2-4-11(14)9-18/h2-8H,10H2,1H3,(H,19,22)(H,20,23). The van der Waals surface area contributed by atoms with Crippen molar-refractivity contribution >= 4 is 17.5 Å². The number of rotatable bonds is 6. The maximum absolute atomic E-state index is 12.2. The van der Waals surface area contributed by atoms with Crippen LogP contribution in [0, 0.1) is 21.4 Å². The molecular formula is C17H14N4O6.